The quantitative estimate of drug-likeness (QED) is 0.695. The maximum absolute atomic E-state index is 3.95. The molecule has 1 rings (SSSR count). The first-order chi connectivity index (χ1) is 6.43. The Balaban J connectivity index is 2.25. The first kappa shape index (κ1) is 9.93. The number of pyridine rings is 1. The van der Waals surface area contributed by atoms with Crippen LogP contribution in [0.25, 0.3) is 6.08 Å². The van der Waals surface area contributed by atoms with Crippen LogP contribution in [0.4, 0.5) is 0 Å². The van der Waals surface area contributed by atoms with Crippen molar-refractivity contribution >= 4 is 6.08 Å². The summed E-state index contributed by atoms with van der Waals surface area (Å²) >= 11 is 0. The van der Waals surface area contributed by atoms with E-state index in [1.54, 1.807) is 12.4 Å². The summed E-state index contributed by atoms with van der Waals surface area (Å²) in [5.74, 6) is 0. The highest BCUT2D eigenvalue weighted by molar-refractivity contribution is 5.47. The van der Waals surface area contributed by atoms with E-state index in [1.165, 1.54) is 12.0 Å². The molecule has 0 aliphatic rings. The highest BCUT2D eigenvalue weighted by atomic mass is 14.8. The normalized spacial score (nSPS) is 10.8. The Morgan fingerprint density at radius 2 is 2.15 bits per heavy atom. The van der Waals surface area contributed by atoms with Gasteiger partial charge >= 0.3 is 0 Å². The van der Waals surface area contributed by atoms with E-state index in [4.69, 9.17) is 0 Å². The number of rotatable bonds is 5. The van der Waals surface area contributed by atoms with Gasteiger partial charge in [0.2, 0.25) is 0 Å². The van der Waals surface area contributed by atoms with E-state index < -0.39 is 0 Å². The minimum absolute atomic E-state index is 0.941. The van der Waals surface area contributed by atoms with Crippen LogP contribution in [0.1, 0.15) is 18.9 Å². The standard InChI is InChI=1S/C11H16N2/c1-2-7-12-8-3-4-11-5-9-13-10-6-11/h3-6,9-10,12H,2,7-8H2,1H3. The van der Waals surface area contributed by atoms with Gasteiger partial charge in [0.05, 0.1) is 0 Å². The van der Waals surface area contributed by atoms with Crippen LogP contribution in [0.15, 0.2) is 30.6 Å². The van der Waals surface area contributed by atoms with Gasteiger partial charge in [-0.25, -0.2) is 0 Å². The summed E-state index contributed by atoms with van der Waals surface area (Å²) in [4.78, 5) is 3.95. The minimum Gasteiger partial charge on any atom is -0.313 e. The molecule has 0 aliphatic heterocycles. The fourth-order valence-electron chi connectivity index (χ4n) is 1.03. The number of hydrogen-bond acceptors (Lipinski definition) is 2. The largest absolute Gasteiger partial charge is 0.313 e. The Kier molecular flexibility index (Phi) is 4.87. The SMILES string of the molecule is CCCNCC=Cc1ccncc1. The summed E-state index contributed by atoms with van der Waals surface area (Å²) in [5.41, 5.74) is 1.20. The maximum atomic E-state index is 3.95. The summed E-state index contributed by atoms with van der Waals surface area (Å²) in [7, 11) is 0. The molecule has 1 heterocycles. The van der Waals surface area contributed by atoms with Gasteiger partial charge in [-0.15, -0.1) is 0 Å². The van der Waals surface area contributed by atoms with Gasteiger partial charge in [-0.3, -0.25) is 4.98 Å². The van der Waals surface area contributed by atoms with Crippen molar-refractivity contribution in [3.05, 3.63) is 36.2 Å². The van der Waals surface area contributed by atoms with Gasteiger partial charge in [0.15, 0.2) is 0 Å². The van der Waals surface area contributed by atoms with Crippen LogP contribution < -0.4 is 5.32 Å². The van der Waals surface area contributed by atoms with Gasteiger partial charge in [0, 0.05) is 18.9 Å². The lowest BCUT2D eigenvalue weighted by Gasteiger charge is -1.96. The van der Waals surface area contributed by atoms with E-state index in [0.29, 0.717) is 0 Å². The van der Waals surface area contributed by atoms with Crippen molar-refractivity contribution in [2.75, 3.05) is 13.1 Å². The number of nitrogens with one attached hydrogen (secondary N) is 1. The molecule has 0 atom stereocenters. The van der Waals surface area contributed by atoms with Gasteiger partial charge < -0.3 is 5.32 Å². The number of aromatic nitrogens is 1. The molecule has 0 aromatic carbocycles. The highest BCUT2D eigenvalue weighted by Crippen LogP contribution is 1.97. The zero-order valence-electron chi connectivity index (χ0n) is 8.03. The fourth-order valence-corrected chi connectivity index (χ4v) is 1.03. The monoisotopic (exact) mass is 176 g/mol. The summed E-state index contributed by atoms with van der Waals surface area (Å²) in [6.07, 6.45) is 9.02. The van der Waals surface area contributed by atoms with E-state index in [0.717, 1.165) is 13.1 Å². The molecular weight excluding hydrogens is 160 g/mol. The molecule has 0 bridgehead atoms. The second-order valence-corrected chi connectivity index (χ2v) is 2.89. The molecular formula is C11H16N2. The van der Waals surface area contributed by atoms with Crippen molar-refractivity contribution in [1.82, 2.24) is 10.3 Å². The van der Waals surface area contributed by atoms with Crippen LogP contribution in [0.5, 0.6) is 0 Å². The molecule has 0 unspecified atom stereocenters. The Labute approximate surface area is 79.7 Å². The Morgan fingerprint density at radius 1 is 1.38 bits per heavy atom. The van der Waals surface area contributed by atoms with Gasteiger partial charge in [0.25, 0.3) is 0 Å². The molecule has 0 saturated heterocycles. The third-order valence-electron chi connectivity index (χ3n) is 1.71. The smallest absolute Gasteiger partial charge is 0.0273 e. The third kappa shape index (κ3) is 4.43. The molecule has 13 heavy (non-hydrogen) atoms. The first-order valence-corrected chi connectivity index (χ1v) is 4.70. The Morgan fingerprint density at radius 3 is 2.85 bits per heavy atom. The van der Waals surface area contributed by atoms with Gasteiger partial charge in [0.1, 0.15) is 0 Å². The molecule has 2 heteroatoms. The first-order valence-electron chi connectivity index (χ1n) is 4.70. The molecule has 1 aromatic heterocycles. The number of hydrogen-bond donors (Lipinski definition) is 1. The topological polar surface area (TPSA) is 24.9 Å². The predicted octanol–water partition coefficient (Wildman–Crippen LogP) is 2.09. The number of nitrogens with zero attached hydrogens (tertiary/aromatic N) is 1. The van der Waals surface area contributed by atoms with Crippen molar-refractivity contribution in [1.29, 1.82) is 0 Å². The van der Waals surface area contributed by atoms with Crippen molar-refractivity contribution in [3.8, 4) is 0 Å². The Hall–Kier alpha value is -1.15. The molecule has 1 aromatic rings. The lowest BCUT2D eigenvalue weighted by atomic mass is 10.2. The van der Waals surface area contributed by atoms with Gasteiger partial charge in [-0.2, -0.15) is 0 Å². The lowest BCUT2D eigenvalue weighted by Crippen LogP contribution is -2.13. The van der Waals surface area contributed by atoms with Gasteiger partial charge in [-0.05, 0) is 30.7 Å². The van der Waals surface area contributed by atoms with Crippen molar-refractivity contribution in [2.45, 2.75) is 13.3 Å². The molecule has 0 saturated carbocycles. The second-order valence-electron chi connectivity index (χ2n) is 2.89. The summed E-state index contributed by atoms with van der Waals surface area (Å²) in [6, 6.07) is 3.99. The van der Waals surface area contributed by atoms with E-state index in [9.17, 15) is 0 Å². The molecule has 70 valence electrons. The van der Waals surface area contributed by atoms with Crippen LogP contribution >= 0.6 is 0 Å². The summed E-state index contributed by atoms with van der Waals surface area (Å²) in [6.45, 7) is 4.19. The van der Waals surface area contributed by atoms with Crippen molar-refractivity contribution in [3.63, 3.8) is 0 Å². The molecule has 0 radical (unpaired) electrons. The molecule has 0 amide bonds. The van der Waals surface area contributed by atoms with E-state index >= 15 is 0 Å². The van der Waals surface area contributed by atoms with Crippen LogP contribution in [0, 0.1) is 0 Å². The molecule has 0 aliphatic carbocycles. The third-order valence-corrected chi connectivity index (χ3v) is 1.71. The van der Waals surface area contributed by atoms with Crippen LogP contribution in [-0.2, 0) is 0 Å². The minimum atomic E-state index is 0.941. The van der Waals surface area contributed by atoms with Crippen molar-refractivity contribution < 1.29 is 0 Å². The van der Waals surface area contributed by atoms with Crippen LogP contribution in [0.2, 0.25) is 0 Å². The Bertz CT molecular complexity index is 242. The maximum Gasteiger partial charge on any atom is 0.0273 e. The summed E-state index contributed by atoms with van der Waals surface area (Å²) in [5, 5.41) is 3.30. The van der Waals surface area contributed by atoms with E-state index in [-0.39, 0.29) is 0 Å². The van der Waals surface area contributed by atoms with E-state index in [1.807, 2.05) is 12.1 Å². The molecule has 0 spiro atoms. The second kappa shape index (κ2) is 6.38. The molecule has 0 fully saturated rings. The highest BCUT2D eigenvalue weighted by Gasteiger charge is 1.82. The van der Waals surface area contributed by atoms with Gasteiger partial charge in [-0.1, -0.05) is 19.1 Å². The summed E-state index contributed by atoms with van der Waals surface area (Å²) < 4.78 is 0. The fraction of sp³-hybridized carbons (Fsp3) is 0.364. The predicted molar refractivity (Wildman–Crippen MR) is 56.4 cm³/mol. The van der Waals surface area contributed by atoms with E-state index in [2.05, 4.69) is 29.4 Å². The lowest BCUT2D eigenvalue weighted by molar-refractivity contribution is 0.730. The van der Waals surface area contributed by atoms with Crippen molar-refractivity contribution in [2.24, 2.45) is 0 Å². The zero-order valence-corrected chi connectivity index (χ0v) is 8.03. The molecule has 1 N–H and O–H groups in total. The zero-order chi connectivity index (χ0) is 9.36. The average Bonchev–Trinajstić information content (AvgIpc) is 2.19. The van der Waals surface area contributed by atoms with Crippen LogP contribution in [-0.4, -0.2) is 18.1 Å². The molecule has 2 nitrogen and oxygen atoms in total. The van der Waals surface area contributed by atoms with Crippen LogP contribution in [0.3, 0.4) is 0 Å². The average molecular weight is 176 g/mol.